The van der Waals surface area contributed by atoms with Crippen molar-refractivity contribution in [1.29, 1.82) is 0 Å². The van der Waals surface area contributed by atoms with Gasteiger partial charge in [-0.05, 0) is 27.7 Å². The number of hydrogen-bond acceptors (Lipinski definition) is 3. The second-order valence-corrected chi connectivity index (χ2v) is 5.81. The van der Waals surface area contributed by atoms with E-state index in [0.717, 1.165) is 17.1 Å². The molecule has 0 saturated heterocycles. The highest BCUT2D eigenvalue weighted by Gasteiger charge is 2.09. The number of aromatic nitrogens is 1. The van der Waals surface area contributed by atoms with Gasteiger partial charge in [0.1, 0.15) is 0 Å². The van der Waals surface area contributed by atoms with Crippen LogP contribution in [0.25, 0.3) is 0 Å². The van der Waals surface area contributed by atoms with E-state index >= 15 is 0 Å². The van der Waals surface area contributed by atoms with Crippen LogP contribution in [0.2, 0.25) is 0 Å². The Bertz CT molecular complexity index is 368. The van der Waals surface area contributed by atoms with Crippen LogP contribution in [0.4, 0.5) is 0 Å². The lowest BCUT2D eigenvalue weighted by Crippen LogP contribution is -2.45. The van der Waals surface area contributed by atoms with Crippen molar-refractivity contribution >= 4 is 41.3 Å². The van der Waals surface area contributed by atoms with Crippen LogP contribution in [0.15, 0.2) is 10.4 Å². The molecule has 0 aromatic carbocycles. The predicted octanol–water partition coefficient (Wildman–Crippen LogP) is 2.31. The third-order valence-corrected chi connectivity index (χ3v) is 2.64. The minimum atomic E-state index is -0.0369. The zero-order valence-electron chi connectivity index (χ0n) is 10.8. The highest BCUT2D eigenvalue weighted by molar-refractivity contribution is 14.0. The lowest BCUT2D eigenvalue weighted by Gasteiger charge is -2.20. The van der Waals surface area contributed by atoms with Gasteiger partial charge in [-0.1, -0.05) is 0 Å². The average Bonchev–Trinajstić information content (AvgIpc) is 2.48. The molecule has 17 heavy (non-hydrogen) atoms. The van der Waals surface area contributed by atoms with Crippen LogP contribution in [-0.4, -0.2) is 23.0 Å². The maximum atomic E-state index is 5.75. The first kappa shape index (κ1) is 16.6. The van der Waals surface area contributed by atoms with Crippen molar-refractivity contribution in [2.45, 2.75) is 39.7 Å². The highest BCUT2D eigenvalue weighted by Crippen LogP contribution is 2.08. The molecule has 0 aliphatic rings. The largest absolute Gasteiger partial charge is 0.370 e. The van der Waals surface area contributed by atoms with Crippen molar-refractivity contribution in [2.75, 3.05) is 6.54 Å². The number of hydrogen-bond donors (Lipinski definition) is 2. The van der Waals surface area contributed by atoms with Gasteiger partial charge >= 0.3 is 0 Å². The van der Waals surface area contributed by atoms with Crippen LogP contribution in [0.5, 0.6) is 0 Å². The summed E-state index contributed by atoms with van der Waals surface area (Å²) in [7, 11) is 0. The quantitative estimate of drug-likeness (QED) is 0.489. The van der Waals surface area contributed by atoms with E-state index in [2.05, 4.69) is 41.4 Å². The molecule has 1 rings (SSSR count). The van der Waals surface area contributed by atoms with Crippen LogP contribution >= 0.6 is 35.3 Å². The van der Waals surface area contributed by atoms with Gasteiger partial charge in [0, 0.05) is 23.9 Å². The van der Waals surface area contributed by atoms with E-state index in [-0.39, 0.29) is 29.5 Å². The van der Waals surface area contributed by atoms with E-state index in [0.29, 0.717) is 12.5 Å². The molecule has 0 bridgehead atoms. The van der Waals surface area contributed by atoms with Gasteiger partial charge in [-0.2, -0.15) is 0 Å². The monoisotopic (exact) mass is 368 g/mol. The molecular weight excluding hydrogens is 347 g/mol. The molecule has 0 aliphatic heterocycles. The number of nitrogens with one attached hydrogen (secondary N) is 1. The van der Waals surface area contributed by atoms with Crippen molar-refractivity contribution in [3.63, 3.8) is 0 Å². The fourth-order valence-corrected chi connectivity index (χ4v) is 1.88. The molecule has 0 spiro atoms. The molecule has 1 aromatic rings. The van der Waals surface area contributed by atoms with Crippen LogP contribution in [-0.2, 0) is 6.42 Å². The van der Waals surface area contributed by atoms with E-state index < -0.39 is 0 Å². The lowest BCUT2D eigenvalue weighted by atomic mass is 10.1. The van der Waals surface area contributed by atoms with E-state index in [1.807, 2.05) is 6.92 Å². The summed E-state index contributed by atoms with van der Waals surface area (Å²) in [6.45, 7) is 8.85. The van der Waals surface area contributed by atoms with Crippen molar-refractivity contribution in [3.8, 4) is 0 Å². The summed E-state index contributed by atoms with van der Waals surface area (Å²) in [6, 6.07) is 0. The van der Waals surface area contributed by atoms with Gasteiger partial charge in [0.25, 0.3) is 0 Å². The summed E-state index contributed by atoms with van der Waals surface area (Å²) in [5.74, 6) is 0.499. The number of halogens is 1. The van der Waals surface area contributed by atoms with Crippen LogP contribution in [0.1, 0.15) is 31.5 Å². The number of guanidine groups is 1. The van der Waals surface area contributed by atoms with Gasteiger partial charge in [-0.15, -0.1) is 35.3 Å². The molecule has 0 atom stereocenters. The van der Waals surface area contributed by atoms with Gasteiger partial charge in [0.15, 0.2) is 5.96 Å². The number of aryl methyl sites for hydroxylation is 1. The maximum Gasteiger partial charge on any atom is 0.188 e. The Hall–Kier alpha value is -0.370. The van der Waals surface area contributed by atoms with E-state index in [1.54, 1.807) is 11.3 Å². The molecular formula is C11H21IN4S. The zero-order chi connectivity index (χ0) is 12.2. The van der Waals surface area contributed by atoms with Crippen molar-refractivity contribution in [2.24, 2.45) is 10.7 Å². The predicted molar refractivity (Wildman–Crippen MR) is 85.3 cm³/mol. The molecule has 1 aromatic heterocycles. The first-order chi connectivity index (χ1) is 7.37. The van der Waals surface area contributed by atoms with E-state index in [9.17, 15) is 0 Å². The molecule has 6 heteroatoms. The smallest absolute Gasteiger partial charge is 0.188 e. The van der Waals surface area contributed by atoms with Gasteiger partial charge in [0.2, 0.25) is 0 Å². The third kappa shape index (κ3) is 7.54. The number of nitrogens with zero attached hydrogens (tertiary/aromatic N) is 2. The Balaban J connectivity index is 0.00000256. The van der Waals surface area contributed by atoms with E-state index in [4.69, 9.17) is 5.73 Å². The van der Waals surface area contributed by atoms with Crippen molar-refractivity contribution in [3.05, 3.63) is 16.1 Å². The molecule has 3 N–H and O–H groups in total. The minimum absolute atomic E-state index is 0. The topological polar surface area (TPSA) is 63.3 Å². The molecule has 0 amide bonds. The van der Waals surface area contributed by atoms with Gasteiger partial charge in [0.05, 0.1) is 10.7 Å². The van der Waals surface area contributed by atoms with Crippen molar-refractivity contribution < 1.29 is 0 Å². The molecule has 0 unspecified atom stereocenters. The molecule has 98 valence electrons. The molecule has 0 radical (unpaired) electrons. The standard InChI is InChI=1S/C11H20N4S.HI/c1-8-14-9(7-16-8)5-6-13-10(12)15-11(2,3)4;/h7H,5-6H2,1-4H3,(H3,12,13,15);1H. The number of aliphatic imine (C=N–C) groups is 1. The molecule has 1 heterocycles. The second-order valence-electron chi connectivity index (χ2n) is 4.75. The molecule has 0 fully saturated rings. The first-order valence-corrected chi connectivity index (χ1v) is 6.24. The van der Waals surface area contributed by atoms with Crippen LogP contribution in [0.3, 0.4) is 0 Å². The summed E-state index contributed by atoms with van der Waals surface area (Å²) < 4.78 is 0. The van der Waals surface area contributed by atoms with Gasteiger partial charge in [-0.3, -0.25) is 4.99 Å². The normalized spacial score (nSPS) is 12.1. The first-order valence-electron chi connectivity index (χ1n) is 5.36. The lowest BCUT2D eigenvalue weighted by molar-refractivity contribution is 0.508. The summed E-state index contributed by atoms with van der Waals surface area (Å²) in [4.78, 5) is 8.63. The third-order valence-electron chi connectivity index (χ3n) is 1.82. The summed E-state index contributed by atoms with van der Waals surface area (Å²) in [5, 5.41) is 6.29. The van der Waals surface area contributed by atoms with Gasteiger partial charge in [-0.25, -0.2) is 4.98 Å². The fourth-order valence-electron chi connectivity index (χ4n) is 1.24. The fraction of sp³-hybridized carbons (Fsp3) is 0.636. The van der Waals surface area contributed by atoms with Crippen LogP contribution in [0, 0.1) is 6.92 Å². The number of thiazole rings is 1. The molecule has 4 nitrogen and oxygen atoms in total. The Morgan fingerprint density at radius 1 is 1.53 bits per heavy atom. The second kappa shape index (κ2) is 7.15. The average molecular weight is 368 g/mol. The van der Waals surface area contributed by atoms with E-state index in [1.165, 1.54) is 0 Å². The molecule has 0 saturated carbocycles. The Morgan fingerprint density at radius 3 is 2.65 bits per heavy atom. The molecule has 0 aliphatic carbocycles. The number of rotatable bonds is 3. The summed E-state index contributed by atoms with van der Waals surface area (Å²) >= 11 is 1.67. The van der Waals surface area contributed by atoms with Crippen LogP contribution < -0.4 is 11.1 Å². The zero-order valence-corrected chi connectivity index (χ0v) is 13.9. The highest BCUT2D eigenvalue weighted by atomic mass is 127. The summed E-state index contributed by atoms with van der Waals surface area (Å²) in [6.07, 6.45) is 0.844. The Labute approximate surface area is 124 Å². The summed E-state index contributed by atoms with van der Waals surface area (Å²) in [5.41, 5.74) is 6.81. The minimum Gasteiger partial charge on any atom is -0.370 e. The SMILES string of the molecule is Cc1nc(CCN=C(N)NC(C)(C)C)cs1.I. The Kier molecular flexibility index (Phi) is 6.99. The van der Waals surface area contributed by atoms with Crippen molar-refractivity contribution in [1.82, 2.24) is 10.3 Å². The maximum absolute atomic E-state index is 5.75. The Morgan fingerprint density at radius 2 is 2.18 bits per heavy atom. The number of nitrogens with two attached hydrogens (primary N) is 1. The van der Waals surface area contributed by atoms with Gasteiger partial charge < -0.3 is 11.1 Å².